The van der Waals surface area contributed by atoms with E-state index in [1.807, 2.05) is 0 Å². The Bertz CT molecular complexity index is 644. The van der Waals surface area contributed by atoms with Crippen LogP contribution in [0.2, 0.25) is 10.0 Å². The Morgan fingerprint density at radius 2 is 1.48 bits per heavy atom. The van der Waals surface area contributed by atoms with Crippen LogP contribution < -0.4 is 0 Å². The molecule has 2 aromatic carbocycles. The lowest BCUT2D eigenvalue weighted by Gasteiger charge is -2.32. The molecule has 108 valence electrons. The number of hydrogen-bond donors (Lipinski definition) is 2. The van der Waals surface area contributed by atoms with E-state index >= 15 is 0 Å². The Labute approximate surface area is 134 Å². The molecule has 2 unspecified atom stereocenters. The van der Waals surface area contributed by atoms with Crippen molar-refractivity contribution in [3.05, 3.63) is 69.7 Å². The van der Waals surface area contributed by atoms with E-state index in [1.54, 1.807) is 48.5 Å². The Hall–Kier alpha value is -1.50. The average Bonchev–Trinajstić information content (AvgIpc) is 2.48. The lowest BCUT2D eigenvalue weighted by molar-refractivity contribution is -0.0795. The van der Waals surface area contributed by atoms with Crippen LogP contribution >= 0.6 is 23.2 Å². The fourth-order valence-electron chi connectivity index (χ4n) is 2.17. The zero-order chi connectivity index (χ0) is 15.5. The molecule has 0 aromatic heterocycles. The van der Waals surface area contributed by atoms with Crippen molar-refractivity contribution in [3.8, 4) is 12.3 Å². The first-order valence-corrected chi connectivity index (χ1v) is 7.08. The van der Waals surface area contributed by atoms with Crippen LogP contribution in [0.1, 0.15) is 23.7 Å². The molecule has 4 heteroatoms. The van der Waals surface area contributed by atoms with Gasteiger partial charge in [0.1, 0.15) is 11.7 Å². The summed E-state index contributed by atoms with van der Waals surface area (Å²) in [5, 5.41) is 22.6. The summed E-state index contributed by atoms with van der Waals surface area (Å²) in [5.74, 6) is 2.41. The summed E-state index contributed by atoms with van der Waals surface area (Å²) in [6.07, 6.45) is 4.15. The summed E-state index contributed by atoms with van der Waals surface area (Å²) in [7, 11) is 0. The van der Waals surface area contributed by atoms with Gasteiger partial charge in [-0.05, 0) is 35.4 Å². The van der Waals surface area contributed by atoms with Crippen LogP contribution in [0.25, 0.3) is 0 Å². The summed E-state index contributed by atoms with van der Waals surface area (Å²) in [5.41, 5.74) is -0.549. The number of benzene rings is 2. The van der Waals surface area contributed by atoms with E-state index in [0.29, 0.717) is 21.2 Å². The van der Waals surface area contributed by atoms with E-state index in [-0.39, 0.29) is 6.42 Å². The Kier molecular flexibility index (Phi) is 4.92. The molecule has 0 heterocycles. The molecule has 0 saturated heterocycles. The standard InChI is InChI=1S/C17H14Cl2O2/c1-2-11-17(21,13-5-9-15(19)10-6-13)16(20)12-3-7-14(18)8-4-12/h1,3-10,16,20-21H,11H2. The quantitative estimate of drug-likeness (QED) is 0.838. The highest BCUT2D eigenvalue weighted by Gasteiger charge is 2.37. The molecule has 2 nitrogen and oxygen atoms in total. The number of aliphatic hydroxyl groups is 2. The fourth-order valence-corrected chi connectivity index (χ4v) is 2.42. The van der Waals surface area contributed by atoms with Gasteiger partial charge < -0.3 is 10.2 Å². The largest absolute Gasteiger partial charge is 0.385 e. The van der Waals surface area contributed by atoms with Gasteiger partial charge in [-0.25, -0.2) is 0 Å². The molecule has 2 atom stereocenters. The van der Waals surface area contributed by atoms with Gasteiger partial charge in [0.15, 0.2) is 0 Å². The maximum Gasteiger partial charge on any atom is 0.130 e. The van der Waals surface area contributed by atoms with Crippen molar-refractivity contribution in [1.82, 2.24) is 0 Å². The smallest absolute Gasteiger partial charge is 0.130 e. The van der Waals surface area contributed by atoms with Crippen LogP contribution in [-0.4, -0.2) is 10.2 Å². The predicted molar refractivity (Wildman–Crippen MR) is 85.2 cm³/mol. The van der Waals surface area contributed by atoms with Crippen LogP contribution in [0.15, 0.2) is 48.5 Å². The van der Waals surface area contributed by atoms with Gasteiger partial charge in [0, 0.05) is 16.5 Å². The zero-order valence-corrected chi connectivity index (χ0v) is 12.6. The number of rotatable bonds is 4. The Morgan fingerprint density at radius 3 is 1.95 bits per heavy atom. The molecule has 0 bridgehead atoms. The van der Waals surface area contributed by atoms with E-state index in [2.05, 4.69) is 5.92 Å². The number of halogens is 2. The highest BCUT2D eigenvalue weighted by molar-refractivity contribution is 6.30. The van der Waals surface area contributed by atoms with Crippen molar-refractivity contribution in [3.63, 3.8) is 0 Å². The summed E-state index contributed by atoms with van der Waals surface area (Å²) in [6.45, 7) is 0. The normalized spacial score (nSPS) is 15.0. The molecule has 2 rings (SSSR count). The second kappa shape index (κ2) is 6.51. The molecule has 0 saturated carbocycles. The van der Waals surface area contributed by atoms with Crippen molar-refractivity contribution in [2.75, 3.05) is 0 Å². The molecule has 0 spiro atoms. The van der Waals surface area contributed by atoms with E-state index < -0.39 is 11.7 Å². The van der Waals surface area contributed by atoms with Crippen LogP contribution in [0.4, 0.5) is 0 Å². The van der Waals surface area contributed by atoms with E-state index in [1.165, 1.54) is 0 Å². The van der Waals surface area contributed by atoms with Crippen molar-refractivity contribution in [2.45, 2.75) is 18.1 Å². The third-order valence-corrected chi connectivity index (χ3v) is 3.86. The molecule has 2 N–H and O–H groups in total. The summed E-state index contributed by atoms with van der Waals surface area (Å²) in [6, 6.07) is 13.2. The minimum Gasteiger partial charge on any atom is -0.385 e. The molecule has 0 aliphatic rings. The topological polar surface area (TPSA) is 40.5 Å². The minimum atomic E-state index is -1.59. The minimum absolute atomic E-state index is 0.0293. The second-order valence-corrected chi connectivity index (χ2v) is 5.64. The van der Waals surface area contributed by atoms with Gasteiger partial charge in [-0.3, -0.25) is 0 Å². The lowest BCUT2D eigenvalue weighted by atomic mass is 9.82. The van der Waals surface area contributed by atoms with Gasteiger partial charge in [0.2, 0.25) is 0 Å². The number of terminal acetylenes is 1. The van der Waals surface area contributed by atoms with Gasteiger partial charge in [0.25, 0.3) is 0 Å². The first kappa shape index (κ1) is 15.9. The third kappa shape index (κ3) is 3.40. The van der Waals surface area contributed by atoms with Crippen LogP contribution in [0.3, 0.4) is 0 Å². The molecule has 0 amide bonds. The monoisotopic (exact) mass is 320 g/mol. The summed E-state index contributed by atoms with van der Waals surface area (Å²) in [4.78, 5) is 0. The molecule has 0 radical (unpaired) electrons. The zero-order valence-electron chi connectivity index (χ0n) is 11.1. The van der Waals surface area contributed by atoms with Crippen LogP contribution in [0, 0.1) is 12.3 Å². The van der Waals surface area contributed by atoms with Crippen molar-refractivity contribution >= 4 is 23.2 Å². The van der Waals surface area contributed by atoms with Crippen molar-refractivity contribution in [1.29, 1.82) is 0 Å². The number of hydrogen-bond acceptors (Lipinski definition) is 2. The summed E-state index contributed by atoms with van der Waals surface area (Å²) >= 11 is 11.7. The Morgan fingerprint density at radius 1 is 1.00 bits per heavy atom. The first-order valence-electron chi connectivity index (χ1n) is 6.33. The van der Waals surface area contributed by atoms with E-state index in [0.717, 1.165) is 0 Å². The van der Waals surface area contributed by atoms with Crippen molar-refractivity contribution in [2.24, 2.45) is 0 Å². The van der Waals surface area contributed by atoms with Gasteiger partial charge in [0.05, 0.1) is 0 Å². The number of aliphatic hydroxyl groups excluding tert-OH is 1. The molecule has 0 aliphatic carbocycles. The maximum absolute atomic E-state index is 10.9. The predicted octanol–water partition coefficient (Wildman–Crippen LogP) is 3.94. The highest BCUT2D eigenvalue weighted by Crippen LogP contribution is 2.38. The first-order chi connectivity index (χ1) is 9.97. The van der Waals surface area contributed by atoms with Gasteiger partial charge in [-0.1, -0.05) is 47.5 Å². The molecular formula is C17H14Cl2O2. The van der Waals surface area contributed by atoms with Crippen LogP contribution in [0.5, 0.6) is 0 Å². The lowest BCUT2D eigenvalue weighted by Crippen LogP contribution is -2.33. The maximum atomic E-state index is 10.9. The molecule has 21 heavy (non-hydrogen) atoms. The third-order valence-electron chi connectivity index (χ3n) is 3.35. The fraction of sp³-hybridized carbons (Fsp3) is 0.176. The van der Waals surface area contributed by atoms with Crippen molar-refractivity contribution < 1.29 is 10.2 Å². The van der Waals surface area contributed by atoms with Crippen LogP contribution in [-0.2, 0) is 5.60 Å². The van der Waals surface area contributed by atoms with E-state index in [9.17, 15) is 10.2 Å². The molecule has 0 aliphatic heterocycles. The SMILES string of the molecule is C#CCC(O)(c1ccc(Cl)cc1)C(O)c1ccc(Cl)cc1. The van der Waals surface area contributed by atoms with Gasteiger partial charge in [-0.15, -0.1) is 12.3 Å². The average molecular weight is 321 g/mol. The highest BCUT2D eigenvalue weighted by atomic mass is 35.5. The van der Waals surface area contributed by atoms with Gasteiger partial charge >= 0.3 is 0 Å². The molecular weight excluding hydrogens is 307 g/mol. The van der Waals surface area contributed by atoms with E-state index in [4.69, 9.17) is 29.6 Å². The molecule has 0 fully saturated rings. The Balaban J connectivity index is 2.43. The van der Waals surface area contributed by atoms with Gasteiger partial charge in [-0.2, -0.15) is 0 Å². The second-order valence-electron chi connectivity index (χ2n) is 4.77. The summed E-state index contributed by atoms with van der Waals surface area (Å²) < 4.78 is 0. The molecule has 2 aromatic rings.